The van der Waals surface area contributed by atoms with Gasteiger partial charge < -0.3 is 9.88 Å². The molecule has 1 atom stereocenters. The molecule has 3 aromatic rings. The SMILES string of the molecule is CCC(CNC(=O)CSc1nc2ccccc2n1C)c1ccccc1. The van der Waals surface area contributed by atoms with Crippen molar-refractivity contribution in [3.8, 4) is 0 Å². The Labute approximate surface area is 152 Å². The molecule has 5 heteroatoms. The number of aryl methyl sites for hydroxylation is 1. The van der Waals surface area contributed by atoms with E-state index in [1.54, 1.807) is 0 Å². The van der Waals surface area contributed by atoms with Crippen LogP contribution in [0.15, 0.2) is 59.8 Å². The van der Waals surface area contributed by atoms with Gasteiger partial charge in [0.05, 0.1) is 16.8 Å². The van der Waals surface area contributed by atoms with E-state index in [2.05, 4.69) is 29.4 Å². The van der Waals surface area contributed by atoms with Gasteiger partial charge in [0, 0.05) is 19.5 Å². The van der Waals surface area contributed by atoms with Crippen molar-refractivity contribution in [1.29, 1.82) is 0 Å². The Morgan fingerprint density at radius 3 is 2.60 bits per heavy atom. The number of hydrogen-bond donors (Lipinski definition) is 1. The molecule has 25 heavy (non-hydrogen) atoms. The number of rotatable bonds is 7. The minimum atomic E-state index is 0.0476. The third kappa shape index (κ3) is 4.23. The van der Waals surface area contributed by atoms with Crippen LogP contribution in [0.1, 0.15) is 24.8 Å². The standard InChI is InChI=1S/C20H23N3OS/c1-3-15(16-9-5-4-6-10-16)13-21-19(24)14-25-20-22-17-11-7-8-12-18(17)23(20)2/h4-12,15H,3,13-14H2,1-2H3,(H,21,24). The Kier molecular flexibility index (Phi) is 5.76. The number of imidazole rings is 1. The van der Waals surface area contributed by atoms with Gasteiger partial charge in [-0.2, -0.15) is 0 Å². The van der Waals surface area contributed by atoms with Crippen LogP contribution in [-0.4, -0.2) is 27.8 Å². The number of carbonyl (C=O) groups excluding carboxylic acids is 1. The third-order valence-corrected chi connectivity index (χ3v) is 5.42. The number of thioether (sulfide) groups is 1. The normalized spacial score (nSPS) is 12.2. The Balaban J connectivity index is 1.54. The summed E-state index contributed by atoms with van der Waals surface area (Å²) in [5.41, 5.74) is 3.32. The van der Waals surface area contributed by atoms with E-state index in [1.165, 1.54) is 17.3 Å². The first kappa shape index (κ1) is 17.5. The highest BCUT2D eigenvalue weighted by Gasteiger charge is 2.13. The lowest BCUT2D eigenvalue weighted by Crippen LogP contribution is -2.29. The molecule has 0 radical (unpaired) electrons. The number of nitrogens with one attached hydrogen (secondary N) is 1. The lowest BCUT2D eigenvalue weighted by atomic mass is 9.96. The molecule has 0 saturated carbocycles. The maximum absolute atomic E-state index is 12.2. The van der Waals surface area contributed by atoms with Gasteiger partial charge in [-0.25, -0.2) is 4.98 Å². The van der Waals surface area contributed by atoms with Crippen molar-refractivity contribution >= 4 is 28.7 Å². The maximum Gasteiger partial charge on any atom is 0.230 e. The highest BCUT2D eigenvalue weighted by molar-refractivity contribution is 7.99. The molecule has 1 heterocycles. The van der Waals surface area contributed by atoms with Crippen LogP contribution in [0.5, 0.6) is 0 Å². The number of aromatic nitrogens is 2. The fraction of sp³-hybridized carbons (Fsp3) is 0.300. The van der Waals surface area contributed by atoms with E-state index < -0.39 is 0 Å². The predicted molar refractivity (Wildman–Crippen MR) is 104 cm³/mol. The lowest BCUT2D eigenvalue weighted by molar-refractivity contribution is -0.118. The van der Waals surface area contributed by atoms with E-state index in [9.17, 15) is 4.79 Å². The number of hydrogen-bond acceptors (Lipinski definition) is 3. The highest BCUT2D eigenvalue weighted by Crippen LogP contribution is 2.22. The zero-order valence-electron chi connectivity index (χ0n) is 14.6. The van der Waals surface area contributed by atoms with Crippen LogP contribution in [0.4, 0.5) is 0 Å². The molecular weight excluding hydrogens is 330 g/mol. The van der Waals surface area contributed by atoms with Crippen LogP contribution in [0.2, 0.25) is 0 Å². The van der Waals surface area contributed by atoms with Crippen molar-refractivity contribution in [2.45, 2.75) is 24.4 Å². The van der Waals surface area contributed by atoms with Crippen LogP contribution < -0.4 is 5.32 Å². The lowest BCUT2D eigenvalue weighted by Gasteiger charge is -2.16. The van der Waals surface area contributed by atoms with E-state index in [-0.39, 0.29) is 5.91 Å². The fourth-order valence-electron chi connectivity index (χ4n) is 2.89. The van der Waals surface area contributed by atoms with Crippen LogP contribution in [0.25, 0.3) is 11.0 Å². The Bertz CT molecular complexity index is 845. The van der Waals surface area contributed by atoms with Crippen LogP contribution in [0.3, 0.4) is 0 Å². The van der Waals surface area contributed by atoms with Crippen molar-refractivity contribution in [1.82, 2.24) is 14.9 Å². The second-order valence-electron chi connectivity index (χ2n) is 6.05. The molecule has 130 valence electrons. The van der Waals surface area contributed by atoms with Gasteiger partial charge in [0.25, 0.3) is 0 Å². The van der Waals surface area contributed by atoms with Gasteiger partial charge in [0.1, 0.15) is 0 Å². The summed E-state index contributed by atoms with van der Waals surface area (Å²) in [4.78, 5) is 16.8. The average Bonchev–Trinajstić information content (AvgIpc) is 2.98. The summed E-state index contributed by atoms with van der Waals surface area (Å²) < 4.78 is 2.03. The van der Waals surface area contributed by atoms with Gasteiger partial charge in [-0.3, -0.25) is 4.79 Å². The zero-order valence-corrected chi connectivity index (χ0v) is 15.4. The highest BCUT2D eigenvalue weighted by atomic mass is 32.2. The first-order chi connectivity index (χ1) is 12.2. The van der Waals surface area contributed by atoms with Crippen molar-refractivity contribution < 1.29 is 4.79 Å². The van der Waals surface area contributed by atoms with Crippen LogP contribution in [-0.2, 0) is 11.8 Å². The molecule has 1 amide bonds. The average molecular weight is 353 g/mol. The molecule has 0 saturated heterocycles. The molecule has 0 bridgehead atoms. The van der Waals surface area contributed by atoms with Gasteiger partial charge >= 0.3 is 0 Å². The molecule has 0 aliphatic rings. The third-order valence-electron chi connectivity index (χ3n) is 4.39. The monoisotopic (exact) mass is 353 g/mol. The number of para-hydroxylation sites is 2. The Morgan fingerprint density at radius 1 is 1.16 bits per heavy atom. The minimum Gasteiger partial charge on any atom is -0.355 e. The molecule has 0 aliphatic carbocycles. The molecule has 0 fully saturated rings. The second kappa shape index (κ2) is 8.21. The van der Waals surface area contributed by atoms with Gasteiger partial charge in [0.2, 0.25) is 5.91 Å². The Hall–Kier alpha value is -2.27. The molecule has 3 rings (SSSR count). The van der Waals surface area contributed by atoms with Gasteiger partial charge in [-0.05, 0) is 24.1 Å². The van der Waals surface area contributed by atoms with Crippen molar-refractivity contribution in [2.24, 2.45) is 7.05 Å². The second-order valence-corrected chi connectivity index (χ2v) is 6.99. The fourth-order valence-corrected chi connectivity index (χ4v) is 3.71. The molecule has 0 aliphatic heterocycles. The van der Waals surface area contributed by atoms with E-state index in [4.69, 9.17) is 0 Å². The summed E-state index contributed by atoms with van der Waals surface area (Å²) >= 11 is 1.48. The number of carbonyl (C=O) groups is 1. The van der Waals surface area contributed by atoms with Crippen molar-refractivity contribution in [2.75, 3.05) is 12.3 Å². The number of amides is 1. The van der Waals surface area contributed by atoms with E-state index in [1.807, 2.05) is 54.1 Å². The van der Waals surface area contributed by atoms with Crippen LogP contribution in [0, 0.1) is 0 Å². The predicted octanol–water partition coefficient (Wildman–Crippen LogP) is 3.98. The van der Waals surface area contributed by atoms with Gasteiger partial charge in [-0.15, -0.1) is 0 Å². The van der Waals surface area contributed by atoms with Crippen molar-refractivity contribution in [3.05, 3.63) is 60.2 Å². The Morgan fingerprint density at radius 2 is 1.88 bits per heavy atom. The van der Waals surface area contributed by atoms with Gasteiger partial charge in [0.15, 0.2) is 5.16 Å². The molecule has 2 aromatic carbocycles. The number of nitrogens with zero attached hydrogens (tertiary/aromatic N) is 2. The summed E-state index contributed by atoms with van der Waals surface area (Å²) in [7, 11) is 1.98. The quantitative estimate of drug-likeness (QED) is 0.654. The van der Waals surface area contributed by atoms with E-state index >= 15 is 0 Å². The summed E-state index contributed by atoms with van der Waals surface area (Å²) in [6.07, 6.45) is 1.00. The minimum absolute atomic E-state index is 0.0476. The molecule has 1 unspecified atom stereocenters. The zero-order chi connectivity index (χ0) is 17.6. The molecular formula is C20H23N3OS. The summed E-state index contributed by atoms with van der Waals surface area (Å²) in [6.45, 7) is 2.82. The number of fused-ring (bicyclic) bond motifs is 1. The molecule has 0 spiro atoms. The van der Waals surface area contributed by atoms with Crippen LogP contribution >= 0.6 is 11.8 Å². The summed E-state index contributed by atoms with van der Waals surface area (Å²) in [5, 5.41) is 3.93. The first-order valence-electron chi connectivity index (χ1n) is 8.55. The maximum atomic E-state index is 12.2. The summed E-state index contributed by atoms with van der Waals surface area (Å²) in [5.74, 6) is 0.778. The molecule has 1 N–H and O–H groups in total. The van der Waals surface area contributed by atoms with E-state index in [0.29, 0.717) is 18.2 Å². The topological polar surface area (TPSA) is 46.9 Å². The molecule has 4 nitrogen and oxygen atoms in total. The smallest absolute Gasteiger partial charge is 0.230 e. The summed E-state index contributed by atoms with van der Waals surface area (Å²) in [6, 6.07) is 18.3. The van der Waals surface area contributed by atoms with Gasteiger partial charge in [-0.1, -0.05) is 61.2 Å². The van der Waals surface area contributed by atoms with E-state index in [0.717, 1.165) is 22.6 Å². The number of benzene rings is 2. The molecule has 1 aromatic heterocycles. The van der Waals surface area contributed by atoms with Crippen molar-refractivity contribution in [3.63, 3.8) is 0 Å². The largest absolute Gasteiger partial charge is 0.355 e. The first-order valence-corrected chi connectivity index (χ1v) is 9.53.